The number of nitrogens with zero attached hydrogens (tertiary/aromatic N) is 3. The fourth-order valence-electron chi connectivity index (χ4n) is 3.38. The highest BCUT2D eigenvalue weighted by atomic mass is 32.2. The van der Waals surface area contributed by atoms with Crippen LogP contribution in [0.5, 0.6) is 0 Å². The van der Waals surface area contributed by atoms with Crippen LogP contribution in [-0.2, 0) is 4.79 Å². The number of thioether (sulfide) groups is 1. The number of aliphatic imine (C=N–C) groups is 1. The molecule has 0 saturated heterocycles. The number of hydrogen-bond donors (Lipinski definition) is 0. The van der Waals surface area contributed by atoms with Crippen LogP contribution in [0.15, 0.2) is 16.3 Å². The third-order valence-electron chi connectivity index (χ3n) is 4.24. The van der Waals surface area contributed by atoms with Crippen molar-refractivity contribution in [3.8, 4) is 12.1 Å². The van der Waals surface area contributed by atoms with E-state index >= 15 is 0 Å². The van der Waals surface area contributed by atoms with E-state index in [4.69, 9.17) is 5.26 Å². The van der Waals surface area contributed by atoms with Crippen LogP contribution in [-0.4, -0.2) is 16.6 Å². The van der Waals surface area contributed by atoms with Gasteiger partial charge in [0.15, 0.2) is 5.78 Å². The van der Waals surface area contributed by atoms with Gasteiger partial charge in [0.25, 0.3) is 0 Å². The summed E-state index contributed by atoms with van der Waals surface area (Å²) in [5.41, 5.74) is 1.51. The summed E-state index contributed by atoms with van der Waals surface area (Å²) in [5.74, 6) is 0.0812. The molecule has 1 aliphatic heterocycles. The van der Waals surface area contributed by atoms with Gasteiger partial charge in [-0.1, -0.05) is 39.5 Å². The third kappa shape index (κ3) is 3.10. The van der Waals surface area contributed by atoms with Gasteiger partial charge in [-0.25, -0.2) is 4.99 Å². The van der Waals surface area contributed by atoms with Gasteiger partial charge in [-0.3, -0.25) is 4.79 Å². The molecule has 1 aliphatic carbocycles. The number of nitriles is 2. The van der Waals surface area contributed by atoms with Gasteiger partial charge >= 0.3 is 0 Å². The largest absolute Gasteiger partial charge is 0.294 e. The summed E-state index contributed by atoms with van der Waals surface area (Å²) in [6.45, 7) is 8.25. The second kappa shape index (κ2) is 6.26. The van der Waals surface area contributed by atoms with Gasteiger partial charge in [0, 0.05) is 23.6 Å². The molecule has 2 atom stereocenters. The van der Waals surface area contributed by atoms with Crippen molar-refractivity contribution in [2.45, 2.75) is 40.5 Å². The van der Waals surface area contributed by atoms with Crippen LogP contribution >= 0.6 is 11.8 Å². The number of carbonyl (C=O) groups is 1. The van der Waals surface area contributed by atoms with Gasteiger partial charge in [-0.05, 0) is 17.8 Å². The molecule has 2 aliphatic rings. The molecule has 0 aromatic carbocycles. The molecular weight excluding hydrogens is 294 g/mol. The molecule has 5 heteroatoms. The third-order valence-corrected chi connectivity index (χ3v) is 5.16. The van der Waals surface area contributed by atoms with Crippen LogP contribution in [0, 0.1) is 45.8 Å². The number of ketones is 1. The van der Waals surface area contributed by atoms with E-state index in [1.807, 2.05) is 13.8 Å². The van der Waals surface area contributed by atoms with Crippen LogP contribution in [0.2, 0.25) is 0 Å². The van der Waals surface area contributed by atoms with Gasteiger partial charge in [0.05, 0.1) is 22.9 Å². The zero-order valence-electron chi connectivity index (χ0n) is 13.5. The highest BCUT2D eigenvalue weighted by molar-refractivity contribution is 8.14. The first-order chi connectivity index (χ1) is 10.3. The molecular formula is C17H21N3OS. The Kier molecular flexibility index (Phi) is 4.78. The summed E-state index contributed by atoms with van der Waals surface area (Å²) >= 11 is 1.33. The molecule has 0 spiro atoms. The van der Waals surface area contributed by atoms with Crippen LogP contribution in [0.3, 0.4) is 0 Å². The molecule has 116 valence electrons. The van der Waals surface area contributed by atoms with E-state index in [-0.39, 0.29) is 28.8 Å². The first kappa shape index (κ1) is 16.8. The van der Waals surface area contributed by atoms with E-state index in [1.54, 1.807) is 0 Å². The van der Waals surface area contributed by atoms with E-state index in [0.717, 1.165) is 17.7 Å². The predicted octanol–water partition coefficient (Wildman–Crippen LogP) is 3.71. The molecule has 2 rings (SSSR count). The molecule has 0 saturated carbocycles. The maximum absolute atomic E-state index is 12.6. The lowest BCUT2D eigenvalue weighted by molar-refractivity contribution is -0.119. The Morgan fingerprint density at radius 2 is 2.05 bits per heavy atom. The zero-order valence-corrected chi connectivity index (χ0v) is 14.3. The number of rotatable bonds is 2. The fraction of sp³-hybridized carbons (Fsp3) is 0.647. The highest BCUT2D eigenvalue weighted by Crippen LogP contribution is 2.47. The summed E-state index contributed by atoms with van der Waals surface area (Å²) in [5, 5.41) is 19.1. The van der Waals surface area contributed by atoms with Crippen LogP contribution in [0.1, 0.15) is 40.5 Å². The quantitative estimate of drug-likeness (QED) is 0.778. The lowest BCUT2D eigenvalue weighted by Gasteiger charge is -2.39. The number of hydrogen-bond acceptors (Lipinski definition) is 5. The van der Waals surface area contributed by atoms with Crippen molar-refractivity contribution in [1.29, 1.82) is 10.5 Å². The Labute approximate surface area is 136 Å². The Bertz CT molecular complexity index is 631. The SMILES string of the molecule is CC(C)[C@H]1C2=C(CC(C)(C)CC2=O)N=C(SCC#N)C1C#N. The molecule has 0 radical (unpaired) electrons. The van der Waals surface area contributed by atoms with E-state index in [1.165, 1.54) is 11.8 Å². The summed E-state index contributed by atoms with van der Waals surface area (Å²) in [6, 6.07) is 4.41. The second-order valence-electron chi connectivity index (χ2n) is 7.07. The number of Topliss-reactive ketones (excluding diaryl/α,β-unsaturated/α-hetero) is 1. The summed E-state index contributed by atoms with van der Waals surface area (Å²) in [4.78, 5) is 17.3. The minimum Gasteiger partial charge on any atom is -0.294 e. The average molecular weight is 315 g/mol. The van der Waals surface area contributed by atoms with Crippen molar-refractivity contribution in [3.63, 3.8) is 0 Å². The minimum absolute atomic E-state index is 0.0918. The van der Waals surface area contributed by atoms with E-state index in [0.29, 0.717) is 11.5 Å². The number of allylic oxidation sites excluding steroid dienone is 2. The van der Waals surface area contributed by atoms with E-state index in [9.17, 15) is 10.1 Å². The van der Waals surface area contributed by atoms with Crippen LogP contribution in [0.25, 0.3) is 0 Å². The molecule has 0 amide bonds. The Morgan fingerprint density at radius 1 is 1.36 bits per heavy atom. The average Bonchev–Trinajstić information content (AvgIpc) is 2.41. The van der Waals surface area contributed by atoms with Crippen molar-refractivity contribution < 1.29 is 4.79 Å². The van der Waals surface area contributed by atoms with Crippen molar-refractivity contribution in [1.82, 2.24) is 0 Å². The maximum atomic E-state index is 12.6. The van der Waals surface area contributed by atoms with Crippen molar-refractivity contribution in [2.75, 3.05) is 5.75 Å². The molecule has 4 nitrogen and oxygen atoms in total. The van der Waals surface area contributed by atoms with Crippen molar-refractivity contribution >= 4 is 22.6 Å². The monoisotopic (exact) mass is 315 g/mol. The van der Waals surface area contributed by atoms with Gasteiger partial charge in [0.1, 0.15) is 5.92 Å². The van der Waals surface area contributed by atoms with Gasteiger partial charge in [0.2, 0.25) is 0 Å². The molecule has 22 heavy (non-hydrogen) atoms. The summed E-state index contributed by atoms with van der Waals surface area (Å²) in [6.07, 6.45) is 1.27. The second-order valence-corrected chi connectivity index (χ2v) is 8.07. The zero-order chi connectivity index (χ0) is 16.5. The molecule has 0 N–H and O–H groups in total. The predicted molar refractivity (Wildman–Crippen MR) is 88.0 cm³/mol. The Balaban J connectivity index is 2.54. The van der Waals surface area contributed by atoms with Crippen molar-refractivity contribution in [3.05, 3.63) is 11.3 Å². The molecule has 1 unspecified atom stereocenters. The molecule has 0 aromatic heterocycles. The summed E-state index contributed by atoms with van der Waals surface area (Å²) < 4.78 is 0. The lowest BCUT2D eigenvalue weighted by atomic mass is 9.67. The molecule has 1 heterocycles. The van der Waals surface area contributed by atoms with Gasteiger partial charge in [-0.15, -0.1) is 0 Å². The van der Waals surface area contributed by atoms with E-state index in [2.05, 4.69) is 31.0 Å². The lowest BCUT2D eigenvalue weighted by Crippen LogP contribution is -2.38. The smallest absolute Gasteiger partial charge is 0.161 e. The minimum atomic E-state index is -0.415. The first-order valence-corrected chi connectivity index (χ1v) is 8.53. The fourth-order valence-corrected chi connectivity index (χ4v) is 4.15. The highest BCUT2D eigenvalue weighted by Gasteiger charge is 2.44. The maximum Gasteiger partial charge on any atom is 0.161 e. The Hall–Kier alpha value is -1.59. The Morgan fingerprint density at radius 3 is 2.59 bits per heavy atom. The topological polar surface area (TPSA) is 77.0 Å². The van der Waals surface area contributed by atoms with Gasteiger partial charge in [-0.2, -0.15) is 10.5 Å². The number of carbonyl (C=O) groups excluding carboxylic acids is 1. The molecule has 0 aromatic rings. The first-order valence-electron chi connectivity index (χ1n) is 7.55. The van der Waals surface area contributed by atoms with Crippen LogP contribution in [0.4, 0.5) is 0 Å². The normalized spacial score (nSPS) is 27.0. The van der Waals surface area contributed by atoms with Crippen molar-refractivity contribution in [2.24, 2.45) is 28.2 Å². The summed E-state index contributed by atoms with van der Waals surface area (Å²) in [7, 11) is 0. The molecule has 0 fully saturated rings. The van der Waals surface area contributed by atoms with Gasteiger partial charge < -0.3 is 0 Å². The molecule has 0 bridgehead atoms. The van der Waals surface area contributed by atoms with E-state index < -0.39 is 5.92 Å². The van der Waals surface area contributed by atoms with Crippen LogP contribution < -0.4 is 0 Å². The standard InChI is InChI=1S/C17H21N3OS/c1-10(2)14-11(9-19)16(22-6-5-18)20-12-7-17(3,4)8-13(21)15(12)14/h10-11,14H,6-8H2,1-4H3/t11?,14-/m1/s1.